The number of hydrogen-bond donors (Lipinski definition) is 0. The molecule has 1 aliphatic heterocycles. The normalized spacial score (nSPS) is 26.2. The highest BCUT2D eigenvalue weighted by atomic mass is 32.2. The van der Waals surface area contributed by atoms with Gasteiger partial charge in [0.05, 0.1) is 0 Å². The molecule has 1 heterocycles. The van der Waals surface area contributed by atoms with Crippen LogP contribution in [-0.2, 0) is 0 Å². The third kappa shape index (κ3) is 0.382. The van der Waals surface area contributed by atoms with E-state index in [1.807, 2.05) is 11.8 Å². The van der Waals surface area contributed by atoms with Crippen molar-refractivity contribution in [3.63, 3.8) is 0 Å². The smallest absolute Gasteiger partial charge is 0.0374 e. The fraction of sp³-hybridized carbons (Fsp3) is 0.667. The van der Waals surface area contributed by atoms with Crippen molar-refractivity contribution in [3.05, 3.63) is 5.25 Å². The molecule has 4 heavy (non-hydrogen) atoms. The molecule has 0 saturated carbocycles. The Hall–Kier alpha value is 0.350. The average Bonchev–Trinajstić information content (AvgIpc) is 1.75. The molecule has 1 radical (unpaired) electrons. The second-order valence-electron chi connectivity index (χ2n) is 0.991. The molecule has 0 aromatic carbocycles. The summed E-state index contributed by atoms with van der Waals surface area (Å²) in [5, 5.41) is 1.58. The van der Waals surface area contributed by atoms with Gasteiger partial charge in [-0.15, -0.1) is 0 Å². The van der Waals surface area contributed by atoms with Crippen molar-refractivity contribution >= 4 is 11.8 Å². The highest BCUT2D eigenvalue weighted by molar-refractivity contribution is 8.09. The summed E-state index contributed by atoms with van der Waals surface area (Å²) in [6.07, 6.45) is 0. The zero-order valence-electron chi connectivity index (χ0n) is 2.62. The molecule has 1 rings (SSSR count). The third-order valence-electron chi connectivity index (χ3n) is 0.433. The number of rotatable bonds is 0. The van der Waals surface area contributed by atoms with Gasteiger partial charge in [-0.05, 0) is 6.92 Å². The summed E-state index contributed by atoms with van der Waals surface area (Å²) in [6.45, 7) is 2.16. The van der Waals surface area contributed by atoms with Gasteiger partial charge in [-0.1, -0.05) is 0 Å². The van der Waals surface area contributed by atoms with E-state index in [0.29, 0.717) is 0 Å². The quantitative estimate of drug-likeness (QED) is 0.389. The first-order chi connectivity index (χ1) is 1.89. The summed E-state index contributed by atoms with van der Waals surface area (Å²) in [7, 11) is 0. The Morgan fingerprint density at radius 3 is 2.25 bits per heavy atom. The molecule has 0 unspecified atom stereocenters. The Morgan fingerprint density at radius 2 is 2.25 bits per heavy atom. The molecule has 23 valence electrons. The van der Waals surface area contributed by atoms with Crippen LogP contribution >= 0.6 is 11.8 Å². The maximum atomic E-state index is 2.16. The summed E-state index contributed by atoms with van der Waals surface area (Å²) in [5.41, 5.74) is 0. The van der Waals surface area contributed by atoms with Crippen LogP contribution < -0.4 is 0 Å². The monoisotopic (exact) mass is 73.0 g/mol. The van der Waals surface area contributed by atoms with E-state index in [0.717, 1.165) is 0 Å². The van der Waals surface area contributed by atoms with E-state index in [-0.39, 0.29) is 0 Å². The van der Waals surface area contributed by atoms with E-state index in [9.17, 15) is 0 Å². The first-order valence-electron chi connectivity index (χ1n) is 1.35. The zero-order chi connectivity index (χ0) is 2.99. The van der Waals surface area contributed by atoms with Crippen LogP contribution in [0.3, 0.4) is 0 Å². The van der Waals surface area contributed by atoms with E-state index >= 15 is 0 Å². The number of hydrogen-bond acceptors (Lipinski definition) is 1. The molecule has 0 nitrogen and oxygen atoms in total. The fourth-order valence-electron chi connectivity index (χ4n) is 0.0722. The molecular formula is C3H5S. The Kier molecular flexibility index (Phi) is 0.417. The second kappa shape index (κ2) is 0.646. The predicted octanol–water partition coefficient (Wildman–Crippen LogP) is 1.29. The van der Waals surface area contributed by atoms with Crippen LogP contribution in [-0.4, -0.2) is 5.75 Å². The lowest BCUT2D eigenvalue weighted by molar-refractivity contribution is 1.48. The molecule has 0 aliphatic carbocycles. The lowest BCUT2D eigenvalue weighted by Crippen LogP contribution is -1.41. The molecule has 1 heteroatoms. The number of thioether (sulfide) groups is 1. The summed E-state index contributed by atoms with van der Waals surface area (Å²) >= 11 is 1.94. The van der Waals surface area contributed by atoms with E-state index in [2.05, 4.69) is 6.92 Å². The molecule has 0 bridgehead atoms. The Balaban J connectivity index is 2.17. The van der Waals surface area contributed by atoms with Crippen molar-refractivity contribution in [3.8, 4) is 0 Å². The van der Waals surface area contributed by atoms with Gasteiger partial charge >= 0.3 is 0 Å². The van der Waals surface area contributed by atoms with Gasteiger partial charge in [0.15, 0.2) is 0 Å². The van der Waals surface area contributed by atoms with Crippen LogP contribution in [0.25, 0.3) is 0 Å². The second-order valence-corrected chi connectivity index (χ2v) is 2.26. The molecule has 1 fully saturated rings. The molecular weight excluding hydrogens is 68.1 g/mol. The molecule has 1 aliphatic rings. The minimum atomic E-state index is 1.32. The first kappa shape index (κ1) is 2.58. The van der Waals surface area contributed by atoms with Gasteiger partial charge in [0.2, 0.25) is 0 Å². The molecule has 0 atom stereocenters. The molecule has 0 amide bonds. The van der Waals surface area contributed by atoms with Crippen molar-refractivity contribution in [2.45, 2.75) is 6.92 Å². The van der Waals surface area contributed by atoms with Crippen molar-refractivity contribution in [1.82, 2.24) is 0 Å². The Bertz CT molecular complexity index is 22.5. The van der Waals surface area contributed by atoms with Crippen molar-refractivity contribution in [2.24, 2.45) is 0 Å². The van der Waals surface area contributed by atoms with Gasteiger partial charge in [-0.2, -0.15) is 11.8 Å². The molecule has 1 saturated heterocycles. The van der Waals surface area contributed by atoms with Gasteiger partial charge < -0.3 is 0 Å². The van der Waals surface area contributed by atoms with Crippen LogP contribution in [0.5, 0.6) is 0 Å². The Morgan fingerprint density at radius 1 is 2.00 bits per heavy atom. The lowest BCUT2D eigenvalue weighted by Gasteiger charge is -1.49. The predicted molar refractivity (Wildman–Crippen MR) is 21.4 cm³/mol. The maximum Gasteiger partial charge on any atom is 0.0374 e. The van der Waals surface area contributed by atoms with E-state index in [1.54, 1.807) is 5.25 Å². The summed E-state index contributed by atoms with van der Waals surface area (Å²) in [5.74, 6) is 1.32. The minimum absolute atomic E-state index is 1.32. The van der Waals surface area contributed by atoms with Gasteiger partial charge in [-0.3, -0.25) is 0 Å². The summed E-state index contributed by atoms with van der Waals surface area (Å²) in [4.78, 5) is 0. The van der Waals surface area contributed by atoms with Crippen LogP contribution in [0, 0.1) is 5.25 Å². The summed E-state index contributed by atoms with van der Waals surface area (Å²) < 4.78 is 0. The molecule has 0 N–H and O–H groups in total. The van der Waals surface area contributed by atoms with Crippen molar-refractivity contribution in [2.75, 3.05) is 5.75 Å². The van der Waals surface area contributed by atoms with Crippen LogP contribution in [0.2, 0.25) is 0 Å². The van der Waals surface area contributed by atoms with Crippen molar-refractivity contribution < 1.29 is 0 Å². The van der Waals surface area contributed by atoms with E-state index in [1.165, 1.54) is 5.75 Å². The largest absolute Gasteiger partial charge is 0.152 e. The topological polar surface area (TPSA) is 0 Å². The van der Waals surface area contributed by atoms with E-state index < -0.39 is 0 Å². The molecule has 0 spiro atoms. The molecule has 0 aromatic rings. The van der Waals surface area contributed by atoms with E-state index in [4.69, 9.17) is 0 Å². The van der Waals surface area contributed by atoms with Crippen LogP contribution in [0.15, 0.2) is 0 Å². The standard InChI is InChI=1S/C3H5S/c1-3-2-4-3/h2H2,1H3. The first-order valence-corrected chi connectivity index (χ1v) is 2.33. The van der Waals surface area contributed by atoms with Gasteiger partial charge in [0, 0.05) is 11.0 Å². The van der Waals surface area contributed by atoms with Crippen LogP contribution in [0.4, 0.5) is 0 Å². The third-order valence-corrected chi connectivity index (χ3v) is 1.30. The van der Waals surface area contributed by atoms with Crippen molar-refractivity contribution in [1.29, 1.82) is 0 Å². The molecule has 0 aromatic heterocycles. The van der Waals surface area contributed by atoms with Crippen LogP contribution in [0.1, 0.15) is 6.92 Å². The minimum Gasteiger partial charge on any atom is -0.152 e. The summed E-state index contributed by atoms with van der Waals surface area (Å²) in [6, 6.07) is 0. The van der Waals surface area contributed by atoms with Gasteiger partial charge in [0.25, 0.3) is 0 Å². The fourth-order valence-corrected chi connectivity index (χ4v) is 0.217. The SMILES string of the molecule is C[C]1CS1. The van der Waals surface area contributed by atoms with Gasteiger partial charge in [0.1, 0.15) is 0 Å². The average molecular weight is 73.1 g/mol. The highest BCUT2D eigenvalue weighted by Gasteiger charge is 2.14. The van der Waals surface area contributed by atoms with Gasteiger partial charge in [-0.25, -0.2) is 0 Å². The zero-order valence-corrected chi connectivity index (χ0v) is 3.43. The Labute approximate surface area is 30.6 Å². The lowest BCUT2D eigenvalue weighted by atomic mass is 10.6. The maximum absolute atomic E-state index is 2.16. The highest BCUT2D eigenvalue weighted by Crippen LogP contribution is 2.37.